The minimum absolute atomic E-state index is 0.237. The highest BCUT2D eigenvalue weighted by Crippen LogP contribution is 2.18. The Kier molecular flexibility index (Phi) is 9.66. The molecule has 1 fully saturated rings. The van der Waals surface area contributed by atoms with Gasteiger partial charge in [0.2, 0.25) is 23.6 Å². The van der Waals surface area contributed by atoms with E-state index in [1.54, 1.807) is 14.1 Å². The number of amides is 4. The van der Waals surface area contributed by atoms with Gasteiger partial charge < -0.3 is 20.4 Å². The second-order valence-corrected chi connectivity index (χ2v) is 10.8. The van der Waals surface area contributed by atoms with Gasteiger partial charge in [0.15, 0.2) is 0 Å². The van der Waals surface area contributed by atoms with Crippen molar-refractivity contribution in [2.75, 3.05) is 14.1 Å². The van der Waals surface area contributed by atoms with Gasteiger partial charge in [0.1, 0.15) is 24.2 Å². The molecule has 204 valence electrons. The first-order chi connectivity index (χ1) is 18.0. The molecule has 0 radical (unpaired) electrons. The monoisotopic (exact) mass is 520 g/mol. The van der Waals surface area contributed by atoms with Gasteiger partial charge in [-0.1, -0.05) is 88.4 Å². The topological polar surface area (TPSA) is 98.8 Å². The first-order valence-electron chi connectivity index (χ1n) is 13.2. The quantitative estimate of drug-likeness (QED) is 0.611. The molecule has 1 aliphatic rings. The van der Waals surface area contributed by atoms with E-state index in [9.17, 15) is 19.2 Å². The van der Waals surface area contributed by atoms with Crippen molar-refractivity contribution in [1.82, 2.24) is 20.4 Å². The van der Waals surface area contributed by atoms with E-state index in [1.807, 2.05) is 88.4 Å². The fourth-order valence-corrected chi connectivity index (χ4v) is 4.76. The van der Waals surface area contributed by atoms with Crippen LogP contribution in [0.25, 0.3) is 0 Å². The standard InChI is InChI=1S/C30H40N4O4/c1-19(2)25-29(37)33(5)24(18-22-15-11-8-12-16-22)28(36)32-26(20(3)4)30(38)34(6)23(27(35)31-25)17-21-13-9-7-10-14-21/h7-16,19-20,23-26H,17-18H2,1-6H3,(H,31,35)(H,32,36)/t23-,24-,25-,26+/m1/s1. The van der Waals surface area contributed by atoms with Crippen LogP contribution in [-0.2, 0) is 32.0 Å². The Balaban J connectivity index is 2.06. The van der Waals surface area contributed by atoms with Gasteiger partial charge in [-0.05, 0) is 23.0 Å². The summed E-state index contributed by atoms with van der Waals surface area (Å²) in [5.41, 5.74) is 1.77. The molecule has 2 N–H and O–H groups in total. The van der Waals surface area contributed by atoms with Crippen molar-refractivity contribution in [3.63, 3.8) is 0 Å². The van der Waals surface area contributed by atoms with E-state index in [4.69, 9.17) is 0 Å². The minimum Gasteiger partial charge on any atom is -0.342 e. The molecule has 8 heteroatoms. The summed E-state index contributed by atoms with van der Waals surface area (Å²) in [6, 6.07) is 15.4. The molecular formula is C30H40N4O4. The van der Waals surface area contributed by atoms with Crippen LogP contribution in [0.3, 0.4) is 0 Å². The van der Waals surface area contributed by atoms with Crippen molar-refractivity contribution in [3.05, 3.63) is 71.8 Å². The molecular weight excluding hydrogens is 480 g/mol. The number of nitrogens with one attached hydrogen (secondary N) is 2. The smallest absolute Gasteiger partial charge is 0.245 e. The lowest BCUT2D eigenvalue weighted by Crippen LogP contribution is -2.64. The average Bonchev–Trinajstić information content (AvgIpc) is 2.90. The Morgan fingerprint density at radius 1 is 0.605 bits per heavy atom. The van der Waals surface area contributed by atoms with Crippen molar-refractivity contribution < 1.29 is 19.2 Å². The van der Waals surface area contributed by atoms with Crippen molar-refractivity contribution in [3.8, 4) is 0 Å². The summed E-state index contributed by atoms with van der Waals surface area (Å²) in [7, 11) is 3.17. The van der Waals surface area contributed by atoms with Crippen molar-refractivity contribution >= 4 is 23.6 Å². The largest absolute Gasteiger partial charge is 0.342 e. The van der Waals surface area contributed by atoms with Crippen molar-refractivity contribution in [2.45, 2.75) is 64.7 Å². The molecule has 0 saturated carbocycles. The van der Waals surface area contributed by atoms with Gasteiger partial charge in [-0.25, -0.2) is 0 Å². The molecule has 1 heterocycles. The average molecular weight is 521 g/mol. The molecule has 2 aromatic rings. The fraction of sp³-hybridized carbons (Fsp3) is 0.467. The molecule has 8 nitrogen and oxygen atoms in total. The van der Waals surface area contributed by atoms with Gasteiger partial charge in [-0.3, -0.25) is 19.2 Å². The van der Waals surface area contributed by atoms with Crippen LogP contribution in [0.1, 0.15) is 38.8 Å². The van der Waals surface area contributed by atoms with Gasteiger partial charge >= 0.3 is 0 Å². The number of carbonyl (C=O) groups is 4. The normalized spacial score (nSPS) is 23.7. The molecule has 38 heavy (non-hydrogen) atoms. The second kappa shape index (κ2) is 12.7. The Labute approximate surface area is 225 Å². The maximum Gasteiger partial charge on any atom is 0.245 e. The third kappa shape index (κ3) is 6.79. The summed E-state index contributed by atoms with van der Waals surface area (Å²) in [6.45, 7) is 7.41. The summed E-state index contributed by atoms with van der Waals surface area (Å²) in [5, 5.41) is 5.85. The van der Waals surface area contributed by atoms with Crippen LogP contribution in [0.15, 0.2) is 60.7 Å². The van der Waals surface area contributed by atoms with Crippen molar-refractivity contribution in [1.29, 1.82) is 0 Å². The molecule has 4 atom stereocenters. The molecule has 0 unspecified atom stereocenters. The zero-order chi connectivity index (χ0) is 28.0. The summed E-state index contributed by atoms with van der Waals surface area (Å²) in [5.74, 6) is -1.98. The Bertz CT molecular complexity index is 1030. The van der Waals surface area contributed by atoms with E-state index >= 15 is 0 Å². The van der Waals surface area contributed by atoms with Crippen LogP contribution >= 0.6 is 0 Å². The lowest BCUT2D eigenvalue weighted by molar-refractivity contribution is -0.148. The van der Waals surface area contributed by atoms with Gasteiger partial charge in [0, 0.05) is 26.9 Å². The highest BCUT2D eigenvalue weighted by molar-refractivity contribution is 5.97. The minimum atomic E-state index is -0.860. The van der Waals surface area contributed by atoms with E-state index in [0.29, 0.717) is 0 Å². The summed E-state index contributed by atoms with van der Waals surface area (Å²) in [4.78, 5) is 57.8. The maximum absolute atomic E-state index is 13.8. The van der Waals surface area contributed by atoms with Crippen LogP contribution in [0.4, 0.5) is 0 Å². The summed E-state index contributed by atoms with van der Waals surface area (Å²) in [6.07, 6.45) is 0.554. The molecule has 0 aliphatic carbocycles. The molecule has 0 bridgehead atoms. The lowest BCUT2D eigenvalue weighted by atomic mass is 9.95. The molecule has 0 spiro atoms. The number of nitrogens with zero attached hydrogens (tertiary/aromatic N) is 2. The van der Waals surface area contributed by atoms with Crippen LogP contribution < -0.4 is 10.6 Å². The zero-order valence-electron chi connectivity index (χ0n) is 23.2. The summed E-state index contributed by atoms with van der Waals surface area (Å²) >= 11 is 0. The number of rotatable bonds is 6. The number of benzene rings is 2. The van der Waals surface area contributed by atoms with E-state index in [-0.39, 0.29) is 36.5 Å². The Morgan fingerprint density at radius 2 is 0.921 bits per heavy atom. The predicted molar refractivity (Wildman–Crippen MR) is 147 cm³/mol. The number of likely N-dealkylation sites (N-methyl/N-ethyl adjacent to an activating group) is 2. The SMILES string of the molecule is CC(C)[C@@H]1NC(=O)[C@@H](Cc2ccccc2)N(C)C(=O)[C@@H](C(C)C)NC(=O)[C@@H](Cc2ccccc2)N(C)C1=O. The fourth-order valence-electron chi connectivity index (χ4n) is 4.76. The van der Waals surface area contributed by atoms with Crippen molar-refractivity contribution in [2.24, 2.45) is 11.8 Å². The molecule has 1 saturated heterocycles. The predicted octanol–water partition coefficient (Wildman–Crippen LogP) is 2.42. The highest BCUT2D eigenvalue weighted by Gasteiger charge is 2.40. The first kappa shape index (κ1) is 28.9. The maximum atomic E-state index is 13.8. The van der Waals surface area contributed by atoms with E-state index in [1.165, 1.54) is 9.80 Å². The number of carbonyl (C=O) groups excluding carboxylic acids is 4. The van der Waals surface area contributed by atoms with E-state index in [0.717, 1.165) is 11.1 Å². The van der Waals surface area contributed by atoms with Gasteiger partial charge in [0.25, 0.3) is 0 Å². The van der Waals surface area contributed by atoms with Gasteiger partial charge in [0.05, 0.1) is 0 Å². The molecule has 0 aromatic heterocycles. The second-order valence-electron chi connectivity index (χ2n) is 10.8. The molecule has 1 aliphatic heterocycles. The van der Waals surface area contributed by atoms with Gasteiger partial charge in [-0.2, -0.15) is 0 Å². The van der Waals surface area contributed by atoms with Crippen LogP contribution in [-0.4, -0.2) is 71.7 Å². The molecule has 2 aromatic carbocycles. The van der Waals surface area contributed by atoms with E-state index < -0.39 is 36.0 Å². The zero-order valence-corrected chi connectivity index (χ0v) is 23.2. The van der Waals surface area contributed by atoms with Crippen LogP contribution in [0.2, 0.25) is 0 Å². The third-order valence-corrected chi connectivity index (χ3v) is 7.24. The van der Waals surface area contributed by atoms with Gasteiger partial charge in [-0.15, -0.1) is 0 Å². The number of hydrogen-bond donors (Lipinski definition) is 2. The molecule has 3 rings (SSSR count). The Hall–Kier alpha value is -3.68. The van der Waals surface area contributed by atoms with Crippen LogP contribution in [0, 0.1) is 11.8 Å². The molecule has 4 amide bonds. The third-order valence-electron chi connectivity index (χ3n) is 7.24. The van der Waals surface area contributed by atoms with E-state index in [2.05, 4.69) is 10.6 Å². The van der Waals surface area contributed by atoms with Crippen LogP contribution in [0.5, 0.6) is 0 Å². The Morgan fingerprint density at radius 3 is 1.21 bits per heavy atom. The lowest BCUT2D eigenvalue weighted by Gasteiger charge is -2.38. The number of hydrogen-bond acceptors (Lipinski definition) is 4. The highest BCUT2D eigenvalue weighted by atomic mass is 16.2. The summed E-state index contributed by atoms with van der Waals surface area (Å²) < 4.78 is 0. The first-order valence-corrected chi connectivity index (χ1v) is 13.2.